The molecule has 0 atom stereocenters. The van der Waals surface area contributed by atoms with Crippen molar-refractivity contribution in [3.05, 3.63) is 47.8 Å². The number of ether oxygens (including phenoxy) is 1. The highest BCUT2D eigenvalue weighted by Gasteiger charge is 2.17. The van der Waals surface area contributed by atoms with Crippen LogP contribution in [0.1, 0.15) is 139 Å². The molecule has 1 aromatic heterocycles. The van der Waals surface area contributed by atoms with Gasteiger partial charge in [-0.2, -0.15) is 0 Å². The van der Waals surface area contributed by atoms with Gasteiger partial charge >= 0.3 is 11.9 Å². The van der Waals surface area contributed by atoms with Gasteiger partial charge in [0.2, 0.25) is 5.95 Å². The van der Waals surface area contributed by atoms with E-state index in [0.717, 1.165) is 50.1 Å². The third-order valence-electron chi connectivity index (χ3n) is 7.10. The molecule has 2 aromatic rings. The van der Waals surface area contributed by atoms with E-state index in [-0.39, 0.29) is 28.0 Å². The fourth-order valence-corrected chi connectivity index (χ4v) is 5.86. The highest BCUT2D eigenvalue weighted by molar-refractivity contribution is 7.92. The van der Waals surface area contributed by atoms with E-state index in [1.807, 2.05) is 26.8 Å². The van der Waals surface area contributed by atoms with E-state index >= 15 is 0 Å². The van der Waals surface area contributed by atoms with Crippen LogP contribution < -0.4 is 4.72 Å². The number of hydrogen-bond acceptors (Lipinski definition) is 7. The molecule has 0 fully saturated rings. The smallest absolute Gasteiger partial charge is 0.338 e. The fraction of sp³-hybridized carbons (Fsp3) is 0.636. The summed E-state index contributed by atoms with van der Waals surface area (Å²) in [7, 11) is -3.87. The number of carbonyl (C=O) groups excluding carboxylic acids is 1. The Kier molecular flexibility index (Phi) is 16.2. The lowest BCUT2D eigenvalue weighted by Gasteiger charge is -2.19. The summed E-state index contributed by atoms with van der Waals surface area (Å²) in [6.07, 6.45) is 21.6. The van der Waals surface area contributed by atoms with Crippen molar-refractivity contribution in [2.24, 2.45) is 0 Å². The summed E-state index contributed by atoms with van der Waals surface area (Å²) in [5.41, 5.74) is 0.461. The molecule has 0 unspecified atom stereocenters. The minimum absolute atomic E-state index is 0.0828. The minimum Gasteiger partial charge on any atom is -0.478 e. The molecule has 0 radical (unpaired) electrons. The quantitative estimate of drug-likeness (QED) is 0.0999. The Hall–Kier alpha value is -3.01. The summed E-state index contributed by atoms with van der Waals surface area (Å²) in [6, 6.07) is 6.85. The van der Waals surface area contributed by atoms with Gasteiger partial charge < -0.3 is 9.84 Å². The van der Waals surface area contributed by atoms with Gasteiger partial charge in [0.1, 0.15) is 5.60 Å². The molecule has 0 aliphatic carbocycles. The molecule has 1 aromatic carbocycles. The number of aromatic carboxylic acids is 1. The highest BCUT2D eigenvalue weighted by atomic mass is 32.2. The van der Waals surface area contributed by atoms with Crippen LogP contribution in [0.4, 0.5) is 5.95 Å². The van der Waals surface area contributed by atoms with Gasteiger partial charge in [0.25, 0.3) is 10.0 Å². The molecule has 0 saturated heterocycles. The van der Waals surface area contributed by atoms with E-state index in [2.05, 4.69) is 14.7 Å². The van der Waals surface area contributed by atoms with Gasteiger partial charge in [-0.25, -0.2) is 27.9 Å². The molecule has 0 bridgehead atoms. The Morgan fingerprint density at radius 3 is 1.77 bits per heavy atom. The lowest BCUT2D eigenvalue weighted by Crippen LogP contribution is -2.23. The Morgan fingerprint density at radius 2 is 1.28 bits per heavy atom. The Morgan fingerprint density at radius 1 is 0.791 bits per heavy atom. The van der Waals surface area contributed by atoms with E-state index in [1.165, 1.54) is 76.7 Å². The third-order valence-corrected chi connectivity index (χ3v) is 8.43. The van der Waals surface area contributed by atoms with Crippen molar-refractivity contribution in [1.82, 2.24) is 9.97 Å². The molecule has 240 valence electrons. The van der Waals surface area contributed by atoms with Crippen LogP contribution in [0.5, 0.6) is 0 Å². The molecule has 9 nitrogen and oxygen atoms in total. The molecule has 0 aliphatic rings. The van der Waals surface area contributed by atoms with Crippen LogP contribution in [-0.4, -0.2) is 41.0 Å². The number of esters is 1. The van der Waals surface area contributed by atoms with Gasteiger partial charge in [-0.05, 0) is 57.7 Å². The predicted molar refractivity (Wildman–Crippen MR) is 170 cm³/mol. The normalized spacial score (nSPS) is 11.8. The number of anilines is 1. The molecular formula is C33H51N3O6S. The second-order valence-corrected chi connectivity index (χ2v) is 13.9. The largest absolute Gasteiger partial charge is 0.478 e. The van der Waals surface area contributed by atoms with E-state index in [0.29, 0.717) is 6.42 Å². The predicted octanol–water partition coefficient (Wildman–Crippen LogP) is 8.10. The number of carboxylic acid groups (broad SMARTS) is 1. The summed E-state index contributed by atoms with van der Waals surface area (Å²) < 4.78 is 33.1. The lowest BCUT2D eigenvalue weighted by molar-refractivity contribution is -0.154. The zero-order chi connectivity index (χ0) is 31.6. The molecule has 43 heavy (non-hydrogen) atoms. The maximum atomic E-state index is 12.7. The van der Waals surface area contributed by atoms with Crippen molar-refractivity contribution < 1.29 is 27.9 Å². The number of rotatable bonds is 22. The standard InChI is InChI=1S/C33H51N3O6S/c1-33(2,3)42-30(37)23-18-16-14-12-10-8-6-4-5-7-9-11-13-15-17-20-27-21-19-22-29(24-27)43(40,41)36-32-34-25-28(26-35-32)31(38)39/h19,21-22,24-26H,4-18,20,23H2,1-3H3,(H,38,39)(H,34,35,36). The zero-order valence-electron chi connectivity index (χ0n) is 26.3. The first kappa shape index (κ1) is 36.2. The average molecular weight is 618 g/mol. The highest BCUT2D eigenvalue weighted by Crippen LogP contribution is 2.18. The first-order chi connectivity index (χ1) is 20.5. The summed E-state index contributed by atoms with van der Waals surface area (Å²) >= 11 is 0. The monoisotopic (exact) mass is 617 g/mol. The first-order valence-electron chi connectivity index (χ1n) is 15.9. The van der Waals surface area contributed by atoms with E-state index in [1.54, 1.807) is 12.1 Å². The number of aromatic nitrogens is 2. The number of benzene rings is 1. The molecule has 0 amide bonds. The van der Waals surface area contributed by atoms with Crippen LogP contribution in [-0.2, 0) is 26.0 Å². The van der Waals surface area contributed by atoms with Gasteiger partial charge in [-0.1, -0.05) is 95.6 Å². The molecule has 0 saturated carbocycles. The Labute approximate surface area is 258 Å². The Bertz CT molecular complexity index is 1210. The van der Waals surface area contributed by atoms with Crippen molar-refractivity contribution in [1.29, 1.82) is 0 Å². The van der Waals surface area contributed by atoms with E-state index in [4.69, 9.17) is 9.84 Å². The number of nitrogens with zero attached hydrogens (tertiary/aromatic N) is 2. The van der Waals surface area contributed by atoms with Crippen molar-refractivity contribution >= 4 is 27.9 Å². The number of aryl methyl sites for hydroxylation is 1. The average Bonchev–Trinajstić information content (AvgIpc) is 2.94. The van der Waals surface area contributed by atoms with Gasteiger partial charge in [-0.3, -0.25) is 4.79 Å². The minimum atomic E-state index is -3.87. The fourth-order valence-electron chi connectivity index (χ4n) is 4.83. The van der Waals surface area contributed by atoms with Crippen molar-refractivity contribution in [2.45, 2.75) is 140 Å². The van der Waals surface area contributed by atoms with Gasteiger partial charge in [0.15, 0.2) is 0 Å². The molecule has 10 heteroatoms. The topological polar surface area (TPSA) is 136 Å². The molecule has 2 N–H and O–H groups in total. The van der Waals surface area contributed by atoms with Crippen LogP contribution in [0.2, 0.25) is 0 Å². The maximum absolute atomic E-state index is 12.7. The van der Waals surface area contributed by atoms with Crippen LogP contribution >= 0.6 is 0 Å². The second-order valence-electron chi connectivity index (χ2n) is 12.2. The number of carboxylic acids is 1. The lowest BCUT2D eigenvalue weighted by atomic mass is 10.0. The van der Waals surface area contributed by atoms with Gasteiger partial charge in [0, 0.05) is 18.8 Å². The van der Waals surface area contributed by atoms with Gasteiger partial charge in [0.05, 0.1) is 10.5 Å². The van der Waals surface area contributed by atoms with Gasteiger partial charge in [-0.15, -0.1) is 0 Å². The van der Waals surface area contributed by atoms with Crippen LogP contribution in [0.15, 0.2) is 41.6 Å². The molecule has 0 aliphatic heterocycles. The van der Waals surface area contributed by atoms with Crippen molar-refractivity contribution in [3.8, 4) is 0 Å². The van der Waals surface area contributed by atoms with Crippen LogP contribution in [0, 0.1) is 0 Å². The molecule has 2 rings (SSSR count). The number of carbonyl (C=O) groups is 2. The summed E-state index contributed by atoms with van der Waals surface area (Å²) in [4.78, 5) is 30.3. The zero-order valence-corrected chi connectivity index (χ0v) is 27.1. The van der Waals surface area contributed by atoms with Crippen molar-refractivity contribution in [2.75, 3.05) is 4.72 Å². The maximum Gasteiger partial charge on any atom is 0.338 e. The molecular weight excluding hydrogens is 566 g/mol. The molecule has 0 spiro atoms. The van der Waals surface area contributed by atoms with E-state index in [9.17, 15) is 18.0 Å². The number of nitrogens with one attached hydrogen (secondary N) is 1. The first-order valence-corrected chi connectivity index (χ1v) is 17.3. The summed E-state index contributed by atoms with van der Waals surface area (Å²) in [5, 5.41) is 8.93. The van der Waals surface area contributed by atoms with E-state index < -0.39 is 16.0 Å². The SMILES string of the molecule is CC(C)(C)OC(=O)CCCCCCCCCCCCCCCCCc1cccc(S(=O)(=O)Nc2ncc(C(=O)O)cn2)c1. The van der Waals surface area contributed by atoms with Crippen LogP contribution in [0.25, 0.3) is 0 Å². The number of unbranched alkanes of at least 4 members (excludes halogenated alkanes) is 14. The second kappa shape index (κ2) is 19.3. The summed E-state index contributed by atoms with van der Waals surface area (Å²) in [6.45, 7) is 5.72. The Balaban J connectivity index is 1.46. The molecule has 1 heterocycles. The summed E-state index contributed by atoms with van der Waals surface area (Å²) in [5.74, 6) is -1.43. The third kappa shape index (κ3) is 16.4. The van der Waals surface area contributed by atoms with Crippen LogP contribution in [0.3, 0.4) is 0 Å². The number of hydrogen-bond donors (Lipinski definition) is 2. The van der Waals surface area contributed by atoms with Crippen molar-refractivity contribution in [3.63, 3.8) is 0 Å². The number of sulfonamides is 1.